The Labute approximate surface area is 134 Å². The molecule has 0 saturated carbocycles. The lowest BCUT2D eigenvalue weighted by Crippen LogP contribution is -2.16. The second kappa shape index (κ2) is 7.05. The van der Waals surface area contributed by atoms with E-state index < -0.39 is 0 Å². The number of hydrogen-bond donors (Lipinski definition) is 2. The Morgan fingerprint density at radius 3 is 3.05 bits per heavy atom. The van der Waals surface area contributed by atoms with E-state index in [4.69, 9.17) is 4.74 Å². The van der Waals surface area contributed by atoms with E-state index in [1.54, 1.807) is 11.3 Å². The van der Waals surface area contributed by atoms with Crippen LogP contribution in [0.1, 0.15) is 32.6 Å². The molecule has 1 aliphatic rings. The normalized spacial score (nSPS) is 13.7. The summed E-state index contributed by atoms with van der Waals surface area (Å²) in [6, 6.07) is 9.87. The van der Waals surface area contributed by atoms with Crippen LogP contribution in [0.4, 0.5) is 5.69 Å². The summed E-state index contributed by atoms with van der Waals surface area (Å²) in [6.45, 7) is 5.09. The predicted molar refractivity (Wildman–Crippen MR) is 89.5 cm³/mol. The van der Waals surface area contributed by atoms with Crippen molar-refractivity contribution in [1.82, 2.24) is 5.32 Å². The standard InChI is InChI=1S/C17H20N2O2S/c1-2-18-10-12-5-3-4-6-14(12)19-17(20)16-9-13-11-21-8-7-15(13)22-16/h3-6,9,18H,2,7-8,10-11H2,1H3,(H,19,20). The minimum atomic E-state index is -0.0386. The van der Waals surface area contributed by atoms with Gasteiger partial charge >= 0.3 is 0 Å². The number of fused-ring (bicyclic) bond motifs is 1. The summed E-state index contributed by atoms with van der Waals surface area (Å²) >= 11 is 1.58. The fourth-order valence-electron chi connectivity index (χ4n) is 2.50. The summed E-state index contributed by atoms with van der Waals surface area (Å²) in [5.41, 5.74) is 3.13. The SMILES string of the molecule is CCNCc1ccccc1NC(=O)c1cc2c(s1)CCOC2. The smallest absolute Gasteiger partial charge is 0.265 e. The van der Waals surface area contributed by atoms with Crippen molar-refractivity contribution in [2.45, 2.75) is 26.5 Å². The summed E-state index contributed by atoms with van der Waals surface area (Å²) < 4.78 is 5.44. The highest BCUT2D eigenvalue weighted by Gasteiger charge is 2.18. The fourth-order valence-corrected chi connectivity index (χ4v) is 3.54. The Hall–Kier alpha value is -1.69. The lowest BCUT2D eigenvalue weighted by molar-refractivity contribution is 0.102. The van der Waals surface area contributed by atoms with Crippen LogP contribution in [0.3, 0.4) is 0 Å². The number of amides is 1. The summed E-state index contributed by atoms with van der Waals surface area (Å²) in [6.07, 6.45) is 0.907. The molecule has 0 saturated heterocycles. The van der Waals surface area contributed by atoms with Gasteiger partial charge in [-0.15, -0.1) is 11.3 Å². The summed E-state index contributed by atoms with van der Waals surface area (Å²) in [5.74, 6) is -0.0386. The molecule has 4 nitrogen and oxygen atoms in total. The Morgan fingerprint density at radius 2 is 2.23 bits per heavy atom. The average molecular weight is 316 g/mol. The van der Waals surface area contributed by atoms with E-state index in [2.05, 4.69) is 17.6 Å². The first-order chi connectivity index (χ1) is 10.8. The first-order valence-corrected chi connectivity index (χ1v) is 8.39. The van der Waals surface area contributed by atoms with Crippen LogP contribution < -0.4 is 10.6 Å². The molecular formula is C17H20N2O2S. The topological polar surface area (TPSA) is 50.4 Å². The molecule has 22 heavy (non-hydrogen) atoms. The first kappa shape index (κ1) is 15.2. The van der Waals surface area contributed by atoms with Crippen LogP contribution >= 0.6 is 11.3 Å². The van der Waals surface area contributed by atoms with E-state index in [-0.39, 0.29) is 5.91 Å². The van der Waals surface area contributed by atoms with Crippen molar-refractivity contribution in [1.29, 1.82) is 0 Å². The van der Waals surface area contributed by atoms with Gasteiger partial charge in [0.1, 0.15) is 0 Å². The van der Waals surface area contributed by atoms with Gasteiger partial charge in [0, 0.05) is 23.5 Å². The largest absolute Gasteiger partial charge is 0.376 e. The molecule has 5 heteroatoms. The molecule has 0 bridgehead atoms. The molecule has 2 heterocycles. The van der Waals surface area contributed by atoms with Crippen LogP contribution in [0.5, 0.6) is 0 Å². The highest BCUT2D eigenvalue weighted by Crippen LogP contribution is 2.28. The van der Waals surface area contributed by atoms with Crippen LogP contribution in [0.25, 0.3) is 0 Å². The number of benzene rings is 1. The van der Waals surface area contributed by atoms with Crippen LogP contribution in [-0.2, 0) is 24.3 Å². The second-order valence-corrected chi connectivity index (χ2v) is 6.39. The number of para-hydroxylation sites is 1. The van der Waals surface area contributed by atoms with E-state index in [0.717, 1.165) is 47.8 Å². The Morgan fingerprint density at radius 1 is 1.36 bits per heavy atom. The molecule has 2 aromatic rings. The summed E-state index contributed by atoms with van der Waals surface area (Å²) in [5, 5.41) is 6.33. The van der Waals surface area contributed by atoms with Crippen LogP contribution in [-0.4, -0.2) is 19.1 Å². The maximum atomic E-state index is 12.5. The minimum absolute atomic E-state index is 0.0386. The highest BCUT2D eigenvalue weighted by atomic mass is 32.1. The van der Waals surface area contributed by atoms with Crippen LogP contribution in [0.2, 0.25) is 0 Å². The number of anilines is 1. The summed E-state index contributed by atoms with van der Waals surface area (Å²) in [7, 11) is 0. The Kier molecular flexibility index (Phi) is 4.87. The zero-order chi connectivity index (χ0) is 15.4. The molecule has 0 aliphatic carbocycles. The number of carbonyl (C=O) groups is 1. The summed E-state index contributed by atoms with van der Waals surface area (Å²) in [4.78, 5) is 14.5. The third kappa shape index (κ3) is 3.38. The van der Waals surface area contributed by atoms with E-state index in [9.17, 15) is 4.79 Å². The van der Waals surface area contributed by atoms with E-state index in [1.807, 2.05) is 30.3 Å². The van der Waals surface area contributed by atoms with E-state index in [0.29, 0.717) is 6.61 Å². The van der Waals surface area contributed by atoms with Crippen molar-refractivity contribution in [3.05, 3.63) is 51.2 Å². The Balaban J connectivity index is 1.75. The number of ether oxygens (including phenoxy) is 1. The maximum absolute atomic E-state index is 12.5. The first-order valence-electron chi connectivity index (χ1n) is 7.57. The number of carbonyl (C=O) groups excluding carboxylic acids is 1. The van der Waals surface area contributed by atoms with Gasteiger partial charge in [-0.05, 0) is 29.8 Å². The number of rotatable bonds is 5. The van der Waals surface area contributed by atoms with Gasteiger partial charge in [-0.2, -0.15) is 0 Å². The molecule has 0 spiro atoms. The lowest BCUT2D eigenvalue weighted by Gasteiger charge is -2.10. The number of thiophene rings is 1. The highest BCUT2D eigenvalue weighted by molar-refractivity contribution is 7.14. The molecule has 0 fully saturated rings. The van der Waals surface area contributed by atoms with Gasteiger partial charge in [-0.1, -0.05) is 25.1 Å². The van der Waals surface area contributed by atoms with Gasteiger partial charge in [0.05, 0.1) is 18.1 Å². The quantitative estimate of drug-likeness (QED) is 0.891. The molecule has 3 rings (SSSR count). The van der Waals surface area contributed by atoms with Gasteiger partial charge in [-0.3, -0.25) is 4.79 Å². The maximum Gasteiger partial charge on any atom is 0.265 e. The van der Waals surface area contributed by atoms with Crippen molar-refractivity contribution < 1.29 is 9.53 Å². The van der Waals surface area contributed by atoms with E-state index >= 15 is 0 Å². The van der Waals surface area contributed by atoms with Gasteiger partial charge in [0.2, 0.25) is 0 Å². The number of hydrogen-bond acceptors (Lipinski definition) is 4. The molecular weight excluding hydrogens is 296 g/mol. The molecule has 2 N–H and O–H groups in total. The van der Waals surface area contributed by atoms with Crippen LogP contribution in [0.15, 0.2) is 30.3 Å². The van der Waals surface area contributed by atoms with Crippen molar-refractivity contribution in [2.24, 2.45) is 0 Å². The fraction of sp³-hybridized carbons (Fsp3) is 0.353. The van der Waals surface area contributed by atoms with Gasteiger partial charge in [-0.25, -0.2) is 0 Å². The zero-order valence-corrected chi connectivity index (χ0v) is 13.5. The molecule has 1 aromatic carbocycles. The van der Waals surface area contributed by atoms with Gasteiger partial charge in [0.15, 0.2) is 0 Å². The monoisotopic (exact) mass is 316 g/mol. The molecule has 0 atom stereocenters. The van der Waals surface area contributed by atoms with Gasteiger partial charge in [0.25, 0.3) is 5.91 Å². The lowest BCUT2D eigenvalue weighted by atomic mass is 10.1. The van der Waals surface area contributed by atoms with Crippen molar-refractivity contribution in [3.8, 4) is 0 Å². The Bertz CT molecular complexity index is 643. The van der Waals surface area contributed by atoms with Crippen molar-refractivity contribution >= 4 is 22.9 Å². The average Bonchev–Trinajstić information content (AvgIpc) is 2.98. The van der Waals surface area contributed by atoms with Gasteiger partial charge < -0.3 is 15.4 Å². The zero-order valence-electron chi connectivity index (χ0n) is 12.6. The third-order valence-electron chi connectivity index (χ3n) is 3.68. The minimum Gasteiger partial charge on any atom is -0.376 e. The van der Waals surface area contributed by atoms with Crippen molar-refractivity contribution in [3.63, 3.8) is 0 Å². The molecule has 0 radical (unpaired) electrons. The molecule has 116 valence electrons. The van der Waals surface area contributed by atoms with E-state index in [1.165, 1.54) is 4.88 Å². The second-order valence-electron chi connectivity index (χ2n) is 5.25. The number of nitrogens with one attached hydrogen (secondary N) is 2. The molecule has 0 unspecified atom stereocenters. The van der Waals surface area contributed by atoms with Crippen LogP contribution in [0, 0.1) is 0 Å². The molecule has 1 aliphatic heterocycles. The molecule has 1 aromatic heterocycles. The molecule has 1 amide bonds. The third-order valence-corrected chi connectivity index (χ3v) is 4.92. The van der Waals surface area contributed by atoms with Crippen molar-refractivity contribution in [2.75, 3.05) is 18.5 Å². The predicted octanol–water partition coefficient (Wildman–Crippen LogP) is 3.18.